The highest BCUT2D eigenvalue weighted by Gasteiger charge is 2.16. The Bertz CT molecular complexity index is 694. The first-order chi connectivity index (χ1) is 10.0. The number of hydrogen-bond acceptors (Lipinski definition) is 3. The Hall–Kier alpha value is -1.85. The summed E-state index contributed by atoms with van der Waals surface area (Å²) in [5.41, 5.74) is 2.42. The monoisotopic (exact) mass is 304 g/mol. The minimum absolute atomic E-state index is 0.307. The minimum Gasteiger partial charge on any atom is -0.313 e. The third kappa shape index (κ3) is 4.06. The number of rotatable bonds is 6. The number of sulfonamides is 1. The molecular weight excluding hydrogens is 284 g/mol. The first-order valence-corrected chi connectivity index (χ1v) is 8.39. The molecule has 0 unspecified atom stereocenters. The number of benzene rings is 2. The zero-order chi connectivity index (χ0) is 15.3. The molecule has 0 aliphatic heterocycles. The maximum atomic E-state index is 12.4. The highest BCUT2D eigenvalue weighted by Crippen LogP contribution is 2.19. The van der Waals surface area contributed by atoms with Crippen LogP contribution in [0, 0.1) is 6.92 Å². The van der Waals surface area contributed by atoms with Crippen LogP contribution < -0.4 is 10.0 Å². The Labute approximate surface area is 126 Å². The predicted octanol–water partition coefficient (Wildman–Crippen LogP) is 2.91. The molecule has 0 aliphatic carbocycles. The lowest BCUT2D eigenvalue weighted by molar-refractivity contribution is 0.600. The maximum Gasteiger partial charge on any atom is 0.262 e. The molecule has 112 valence electrons. The molecule has 2 N–H and O–H groups in total. The fourth-order valence-corrected chi connectivity index (χ4v) is 3.33. The van der Waals surface area contributed by atoms with Crippen molar-refractivity contribution < 1.29 is 8.42 Å². The van der Waals surface area contributed by atoms with Gasteiger partial charge in [0, 0.05) is 12.2 Å². The Kier molecular flexibility index (Phi) is 4.98. The largest absolute Gasteiger partial charge is 0.313 e. The smallest absolute Gasteiger partial charge is 0.262 e. The number of nitrogens with one attached hydrogen (secondary N) is 2. The molecule has 2 aromatic carbocycles. The second-order valence-electron chi connectivity index (χ2n) is 4.85. The SMILES string of the molecule is CCNCc1ccc(NS(=O)(=O)c2ccccc2C)cc1. The molecular formula is C16H20N2O2S. The summed E-state index contributed by atoms with van der Waals surface area (Å²) in [5.74, 6) is 0. The van der Waals surface area contributed by atoms with Crippen molar-refractivity contribution in [3.63, 3.8) is 0 Å². The molecule has 0 aliphatic rings. The molecule has 0 saturated carbocycles. The van der Waals surface area contributed by atoms with Gasteiger partial charge in [0.1, 0.15) is 0 Å². The highest BCUT2D eigenvalue weighted by molar-refractivity contribution is 7.92. The van der Waals surface area contributed by atoms with Gasteiger partial charge in [-0.15, -0.1) is 0 Å². The van der Waals surface area contributed by atoms with E-state index < -0.39 is 10.0 Å². The molecule has 0 bridgehead atoms. The van der Waals surface area contributed by atoms with E-state index in [1.165, 1.54) is 0 Å². The Morgan fingerprint density at radius 2 is 1.67 bits per heavy atom. The van der Waals surface area contributed by atoms with Gasteiger partial charge in [-0.05, 0) is 42.8 Å². The van der Waals surface area contributed by atoms with Crippen LogP contribution in [0.3, 0.4) is 0 Å². The lowest BCUT2D eigenvalue weighted by atomic mass is 10.2. The van der Waals surface area contributed by atoms with Gasteiger partial charge in [0.15, 0.2) is 0 Å². The summed E-state index contributed by atoms with van der Waals surface area (Å²) in [6.07, 6.45) is 0. The van der Waals surface area contributed by atoms with Crippen LogP contribution in [0.25, 0.3) is 0 Å². The summed E-state index contributed by atoms with van der Waals surface area (Å²) in [5, 5.41) is 3.23. The van der Waals surface area contributed by atoms with Crippen molar-refractivity contribution in [2.45, 2.75) is 25.3 Å². The van der Waals surface area contributed by atoms with Crippen molar-refractivity contribution in [2.24, 2.45) is 0 Å². The molecule has 0 atom stereocenters. The van der Waals surface area contributed by atoms with Crippen LogP contribution >= 0.6 is 0 Å². The number of aryl methyl sites for hydroxylation is 1. The van der Waals surface area contributed by atoms with Crippen LogP contribution in [0.15, 0.2) is 53.4 Å². The molecule has 4 nitrogen and oxygen atoms in total. The molecule has 5 heteroatoms. The van der Waals surface area contributed by atoms with Gasteiger partial charge >= 0.3 is 0 Å². The Morgan fingerprint density at radius 1 is 1.00 bits per heavy atom. The van der Waals surface area contributed by atoms with Gasteiger partial charge in [0.05, 0.1) is 4.90 Å². The van der Waals surface area contributed by atoms with E-state index in [0.29, 0.717) is 10.6 Å². The van der Waals surface area contributed by atoms with Crippen LogP contribution in [0.1, 0.15) is 18.1 Å². The van der Waals surface area contributed by atoms with Crippen LogP contribution in [0.2, 0.25) is 0 Å². The van der Waals surface area contributed by atoms with Gasteiger partial charge in [-0.3, -0.25) is 4.72 Å². The summed E-state index contributed by atoms with van der Waals surface area (Å²) < 4.78 is 27.3. The fourth-order valence-electron chi connectivity index (χ4n) is 2.03. The van der Waals surface area contributed by atoms with Crippen molar-refractivity contribution in [3.05, 3.63) is 59.7 Å². The summed E-state index contributed by atoms with van der Waals surface area (Å²) in [7, 11) is -3.54. The van der Waals surface area contributed by atoms with Crippen molar-refractivity contribution >= 4 is 15.7 Å². The highest BCUT2D eigenvalue weighted by atomic mass is 32.2. The molecule has 0 radical (unpaired) electrons. The van der Waals surface area contributed by atoms with Crippen molar-refractivity contribution in [1.29, 1.82) is 0 Å². The second-order valence-corrected chi connectivity index (χ2v) is 6.50. The normalized spacial score (nSPS) is 11.3. The van der Waals surface area contributed by atoms with Crippen LogP contribution in [-0.2, 0) is 16.6 Å². The zero-order valence-corrected chi connectivity index (χ0v) is 13.1. The van der Waals surface area contributed by atoms with Gasteiger partial charge in [-0.1, -0.05) is 37.3 Å². The molecule has 2 rings (SSSR count). The van der Waals surface area contributed by atoms with Gasteiger partial charge < -0.3 is 5.32 Å². The third-order valence-electron chi connectivity index (χ3n) is 3.17. The van der Waals surface area contributed by atoms with Crippen molar-refractivity contribution in [3.8, 4) is 0 Å². The van der Waals surface area contributed by atoms with Gasteiger partial charge in [0.25, 0.3) is 10.0 Å². The van der Waals surface area contributed by atoms with Crippen molar-refractivity contribution in [1.82, 2.24) is 5.32 Å². The van der Waals surface area contributed by atoms with E-state index >= 15 is 0 Å². The summed E-state index contributed by atoms with van der Waals surface area (Å²) in [6, 6.07) is 14.3. The summed E-state index contributed by atoms with van der Waals surface area (Å²) in [4.78, 5) is 0.307. The fraction of sp³-hybridized carbons (Fsp3) is 0.250. The second kappa shape index (κ2) is 6.74. The number of hydrogen-bond donors (Lipinski definition) is 2. The molecule has 0 saturated heterocycles. The third-order valence-corrected chi connectivity index (χ3v) is 4.71. The van der Waals surface area contributed by atoms with Crippen molar-refractivity contribution in [2.75, 3.05) is 11.3 Å². The average Bonchev–Trinajstić information content (AvgIpc) is 2.46. The van der Waals surface area contributed by atoms with E-state index in [9.17, 15) is 8.42 Å². The van der Waals surface area contributed by atoms with Gasteiger partial charge in [-0.25, -0.2) is 8.42 Å². The predicted molar refractivity (Wildman–Crippen MR) is 85.8 cm³/mol. The van der Waals surface area contributed by atoms with Crippen LogP contribution in [-0.4, -0.2) is 15.0 Å². The quantitative estimate of drug-likeness (QED) is 0.862. The summed E-state index contributed by atoms with van der Waals surface area (Å²) >= 11 is 0. The Morgan fingerprint density at radius 3 is 2.29 bits per heavy atom. The summed E-state index contributed by atoms with van der Waals surface area (Å²) in [6.45, 7) is 5.52. The average molecular weight is 304 g/mol. The van der Waals surface area contributed by atoms with E-state index in [0.717, 1.165) is 24.2 Å². The molecule has 21 heavy (non-hydrogen) atoms. The molecule has 0 aromatic heterocycles. The van der Waals surface area contributed by atoms with E-state index in [1.54, 1.807) is 37.3 Å². The van der Waals surface area contributed by atoms with Gasteiger partial charge in [-0.2, -0.15) is 0 Å². The van der Waals surface area contributed by atoms with E-state index in [4.69, 9.17) is 0 Å². The first-order valence-electron chi connectivity index (χ1n) is 6.91. The minimum atomic E-state index is -3.54. The Balaban J connectivity index is 2.16. The molecule has 0 amide bonds. The standard InChI is InChI=1S/C16H20N2O2S/c1-3-17-12-14-8-10-15(11-9-14)18-21(19,20)16-7-5-4-6-13(16)2/h4-11,17-18H,3,12H2,1-2H3. The first kappa shape index (κ1) is 15.5. The van der Waals surface area contributed by atoms with E-state index in [-0.39, 0.29) is 0 Å². The van der Waals surface area contributed by atoms with Crippen LogP contribution in [0.4, 0.5) is 5.69 Å². The molecule has 0 spiro atoms. The molecule has 0 fully saturated rings. The van der Waals surface area contributed by atoms with E-state index in [2.05, 4.69) is 10.0 Å². The van der Waals surface area contributed by atoms with Crippen LogP contribution in [0.5, 0.6) is 0 Å². The topological polar surface area (TPSA) is 58.2 Å². The lowest BCUT2D eigenvalue weighted by Gasteiger charge is -2.11. The molecule has 2 aromatic rings. The van der Waals surface area contributed by atoms with E-state index in [1.807, 2.05) is 25.1 Å². The zero-order valence-electron chi connectivity index (χ0n) is 12.3. The molecule has 0 heterocycles. The lowest BCUT2D eigenvalue weighted by Crippen LogP contribution is -2.14. The number of anilines is 1. The maximum absolute atomic E-state index is 12.4. The van der Waals surface area contributed by atoms with Gasteiger partial charge in [0.2, 0.25) is 0 Å².